The van der Waals surface area contributed by atoms with Gasteiger partial charge in [0.15, 0.2) is 0 Å². The molecule has 0 aliphatic heterocycles. The Labute approximate surface area is 88.9 Å². The molecule has 0 saturated carbocycles. The van der Waals surface area contributed by atoms with E-state index in [1.54, 1.807) is 0 Å². The fourth-order valence-corrected chi connectivity index (χ4v) is 1.56. The topological polar surface area (TPSA) is 4.93 Å². The van der Waals surface area contributed by atoms with Gasteiger partial charge < -0.3 is 4.57 Å². The molecule has 0 fully saturated rings. The van der Waals surface area contributed by atoms with Crippen molar-refractivity contribution in [2.24, 2.45) is 0 Å². The molecule has 0 amide bonds. The first-order chi connectivity index (χ1) is 6.77. The van der Waals surface area contributed by atoms with Gasteiger partial charge in [-0.2, -0.15) is 0 Å². The van der Waals surface area contributed by atoms with E-state index in [0.29, 0.717) is 0 Å². The summed E-state index contributed by atoms with van der Waals surface area (Å²) in [6.07, 6.45) is 4.05. The van der Waals surface area contributed by atoms with Gasteiger partial charge in [-0.3, -0.25) is 0 Å². The molecule has 1 heterocycles. The van der Waals surface area contributed by atoms with E-state index in [1.807, 2.05) is 31.5 Å². The third-order valence-electron chi connectivity index (χ3n) is 2.25. The lowest BCUT2D eigenvalue weighted by atomic mass is 10.1. The Hall–Kier alpha value is -1.21. The van der Waals surface area contributed by atoms with E-state index in [4.69, 9.17) is 11.6 Å². The Bertz CT molecular complexity index is 387. The van der Waals surface area contributed by atoms with E-state index in [0.717, 1.165) is 11.3 Å². The molecule has 1 aromatic carbocycles. The molecule has 0 aliphatic carbocycles. The van der Waals surface area contributed by atoms with Crippen molar-refractivity contribution in [1.82, 2.24) is 4.57 Å². The third kappa shape index (κ3) is 1.83. The zero-order valence-corrected chi connectivity index (χ0v) is 8.78. The van der Waals surface area contributed by atoms with Gasteiger partial charge in [-0.15, -0.1) is 11.6 Å². The number of aromatic nitrogens is 1. The molecule has 0 spiro atoms. The molecule has 1 unspecified atom stereocenters. The average molecular weight is 206 g/mol. The van der Waals surface area contributed by atoms with Crippen LogP contribution in [0.15, 0.2) is 48.8 Å². The zero-order chi connectivity index (χ0) is 9.97. The smallest absolute Gasteiger partial charge is 0.0557 e. The van der Waals surface area contributed by atoms with Gasteiger partial charge in [0.2, 0.25) is 0 Å². The van der Waals surface area contributed by atoms with Gasteiger partial charge in [-0.1, -0.05) is 12.1 Å². The van der Waals surface area contributed by atoms with E-state index in [1.165, 1.54) is 0 Å². The molecule has 2 aromatic rings. The Morgan fingerprint density at radius 1 is 1.07 bits per heavy atom. The molecular formula is C12H12ClN. The molecule has 2 rings (SSSR count). The fraction of sp³-hybridized carbons (Fsp3) is 0.167. The van der Waals surface area contributed by atoms with Gasteiger partial charge in [0, 0.05) is 18.1 Å². The summed E-state index contributed by atoms with van der Waals surface area (Å²) < 4.78 is 2.07. The highest BCUT2D eigenvalue weighted by molar-refractivity contribution is 6.20. The number of halogens is 1. The molecule has 2 heteroatoms. The maximum absolute atomic E-state index is 5.97. The van der Waals surface area contributed by atoms with Crippen molar-refractivity contribution in [2.45, 2.75) is 12.3 Å². The Morgan fingerprint density at radius 2 is 1.64 bits per heavy atom. The molecule has 0 aliphatic rings. The van der Waals surface area contributed by atoms with Crippen molar-refractivity contribution < 1.29 is 0 Å². The molecule has 0 saturated heterocycles. The summed E-state index contributed by atoms with van der Waals surface area (Å²) in [5.41, 5.74) is 2.32. The van der Waals surface area contributed by atoms with Crippen LogP contribution in [0.25, 0.3) is 5.69 Å². The summed E-state index contributed by atoms with van der Waals surface area (Å²) in [5.74, 6) is 0. The Balaban J connectivity index is 2.31. The molecule has 0 bridgehead atoms. The van der Waals surface area contributed by atoms with E-state index in [2.05, 4.69) is 28.8 Å². The maximum atomic E-state index is 5.97. The van der Waals surface area contributed by atoms with Crippen molar-refractivity contribution in [1.29, 1.82) is 0 Å². The first-order valence-corrected chi connectivity index (χ1v) is 5.08. The maximum Gasteiger partial charge on any atom is 0.0557 e. The van der Waals surface area contributed by atoms with Crippen LogP contribution in [0.3, 0.4) is 0 Å². The molecule has 1 nitrogen and oxygen atoms in total. The second-order valence-electron chi connectivity index (χ2n) is 3.30. The molecule has 0 radical (unpaired) electrons. The summed E-state index contributed by atoms with van der Waals surface area (Å²) in [6, 6.07) is 12.3. The highest BCUT2D eigenvalue weighted by Crippen LogP contribution is 2.20. The van der Waals surface area contributed by atoms with Crippen LogP contribution in [-0.2, 0) is 0 Å². The molecule has 1 aromatic heterocycles. The van der Waals surface area contributed by atoms with Gasteiger partial charge in [0.1, 0.15) is 0 Å². The number of rotatable bonds is 2. The van der Waals surface area contributed by atoms with E-state index >= 15 is 0 Å². The summed E-state index contributed by atoms with van der Waals surface area (Å²) in [5, 5.41) is 0.0775. The minimum absolute atomic E-state index is 0.0775. The summed E-state index contributed by atoms with van der Waals surface area (Å²) in [4.78, 5) is 0. The third-order valence-corrected chi connectivity index (χ3v) is 2.51. The number of nitrogens with zero attached hydrogens (tertiary/aromatic N) is 1. The van der Waals surface area contributed by atoms with Gasteiger partial charge >= 0.3 is 0 Å². The number of hydrogen-bond acceptors (Lipinski definition) is 0. The predicted molar refractivity (Wildman–Crippen MR) is 60.0 cm³/mol. The van der Waals surface area contributed by atoms with Crippen molar-refractivity contribution in [3.05, 3.63) is 54.4 Å². The Kier molecular flexibility index (Phi) is 2.60. The molecular weight excluding hydrogens is 194 g/mol. The largest absolute Gasteiger partial charge is 0.324 e. The van der Waals surface area contributed by atoms with E-state index < -0.39 is 0 Å². The van der Waals surface area contributed by atoms with Crippen LogP contribution in [0.1, 0.15) is 17.9 Å². The van der Waals surface area contributed by atoms with Gasteiger partial charge in [-0.25, -0.2) is 0 Å². The lowest BCUT2D eigenvalue weighted by Crippen LogP contribution is -1.90. The van der Waals surface area contributed by atoms with Crippen molar-refractivity contribution >= 4 is 11.6 Å². The number of hydrogen-bond donors (Lipinski definition) is 0. The van der Waals surface area contributed by atoms with Gasteiger partial charge in [0.25, 0.3) is 0 Å². The van der Waals surface area contributed by atoms with Crippen LogP contribution in [0.4, 0.5) is 0 Å². The van der Waals surface area contributed by atoms with Crippen molar-refractivity contribution in [2.75, 3.05) is 0 Å². The standard InChI is InChI=1S/C12H12ClN/c1-10(13)11-4-6-12(7-5-11)14-8-2-3-9-14/h2-10H,1H3. The summed E-state index contributed by atoms with van der Waals surface area (Å²) >= 11 is 5.97. The Morgan fingerprint density at radius 3 is 2.14 bits per heavy atom. The van der Waals surface area contributed by atoms with Crippen LogP contribution in [0.2, 0.25) is 0 Å². The number of alkyl halides is 1. The minimum atomic E-state index is 0.0775. The van der Waals surface area contributed by atoms with Crippen LogP contribution >= 0.6 is 11.6 Å². The second-order valence-corrected chi connectivity index (χ2v) is 3.95. The molecule has 72 valence electrons. The molecule has 14 heavy (non-hydrogen) atoms. The fourth-order valence-electron chi connectivity index (χ4n) is 1.42. The van der Waals surface area contributed by atoms with Crippen molar-refractivity contribution in [3.63, 3.8) is 0 Å². The van der Waals surface area contributed by atoms with Crippen LogP contribution in [0.5, 0.6) is 0 Å². The average Bonchev–Trinajstić information content (AvgIpc) is 2.71. The predicted octanol–water partition coefficient (Wildman–Crippen LogP) is 3.78. The summed E-state index contributed by atoms with van der Waals surface area (Å²) in [6.45, 7) is 1.98. The van der Waals surface area contributed by atoms with Crippen LogP contribution in [-0.4, -0.2) is 4.57 Å². The quantitative estimate of drug-likeness (QED) is 0.658. The summed E-state index contributed by atoms with van der Waals surface area (Å²) in [7, 11) is 0. The first kappa shape index (κ1) is 9.35. The number of benzene rings is 1. The van der Waals surface area contributed by atoms with Crippen molar-refractivity contribution in [3.8, 4) is 5.69 Å². The zero-order valence-electron chi connectivity index (χ0n) is 8.02. The van der Waals surface area contributed by atoms with Gasteiger partial charge in [0.05, 0.1) is 5.38 Å². The van der Waals surface area contributed by atoms with Crippen LogP contribution in [0, 0.1) is 0 Å². The highest BCUT2D eigenvalue weighted by Gasteiger charge is 2.00. The minimum Gasteiger partial charge on any atom is -0.324 e. The lowest BCUT2D eigenvalue weighted by Gasteiger charge is -2.06. The van der Waals surface area contributed by atoms with Crippen LogP contribution < -0.4 is 0 Å². The first-order valence-electron chi connectivity index (χ1n) is 4.65. The lowest BCUT2D eigenvalue weighted by molar-refractivity contribution is 1.05. The highest BCUT2D eigenvalue weighted by atomic mass is 35.5. The molecule has 1 atom stereocenters. The SMILES string of the molecule is CC(Cl)c1ccc(-n2cccc2)cc1. The van der Waals surface area contributed by atoms with E-state index in [9.17, 15) is 0 Å². The van der Waals surface area contributed by atoms with Gasteiger partial charge in [-0.05, 0) is 36.8 Å². The second kappa shape index (κ2) is 3.89. The van der Waals surface area contributed by atoms with E-state index in [-0.39, 0.29) is 5.38 Å². The monoisotopic (exact) mass is 205 g/mol. The molecule has 0 N–H and O–H groups in total. The normalized spacial score (nSPS) is 12.7.